The van der Waals surface area contributed by atoms with E-state index in [1.54, 1.807) is 6.07 Å². The molecule has 2 aromatic rings. The number of hydrogen-bond donors (Lipinski definition) is 1. The van der Waals surface area contributed by atoms with Crippen molar-refractivity contribution >= 4 is 11.3 Å². The number of rotatable bonds is 5. The Morgan fingerprint density at radius 3 is 2.94 bits per heavy atom. The molecule has 2 heterocycles. The van der Waals surface area contributed by atoms with E-state index in [4.69, 9.17) is 0 Å². The third-order valence-electron chi connectivity index (χ3n) is 2.18. The number of halogens is 1. The quantitative estimate of drug-likeness (QED) is 0.826. The van der Waals surface area contributed by atoms with Crippen molar-refractivity contribution in [2.75, 3.05) is 13.1 Å². The highest BCUT2D eigenvalue weighted by atomic mass is 32.1. The van der Waals surface area contributed by atoms with Gasteiger partial charge in [0, 0.05) is 13.0 Å². The molecular formula is C11H13FN4S. The van der Waals surface area contributed by atoms with Gasteiger partial charge in [0.15, 0.2) is 5.01 Å². The van der Waals surface area contributed by atoms with Crippen molar-refractivity contribution in [1.29, 1.82) is 0 Å². The van der Waals surface area contributed by atoms with Crippen LogP contribution in [0.5, 0.6) is 0 Å². The highest BCUT2D eigenvalue weighted by molar-refractivity contribution is 7.14. The van der Waals surface area contributed by atoms with Crippen LogP contribution < -0.4 is 5.32 Å². The van der Waals surface area contributed by atoms with Crippen LogP contribution in [0.2, 0.25) is 0 Å². The zero-order chi connectivity index (χ0) is 12.1. The van der Waals surface area contributed by atoms with E-state index in [2.05, 4.69) is 27.4 Å². The summed E-state index contributed by atoms with van der Waals surface area (Å²) in [4.78, 5) is 3.98. The Labute approximate surface area is 103 Å². The summed E-state index contributed by atoms with van der Waals surface area (Å²) >= 11 is 1.50. The maximum Gasteiger partial charge on any atom is 0.166 e. The summed E-state index contributed by atoms with van der Waals surface area (Å²) in [6, 6.07) is 2.99. The summed E-state index contributed by atoms with van der Waals surface area (Å²) in [6.07, 6.45) is 2.04. The van der Waals surface area contributed by atoms with E-state index in [0.29, 0.717) is 5.69 Å². The fourth-order valence-electron chi connectivity index (χ4n) is 1.33. The smallest absolute Gasteiger partial charge is 0.166 e. The third kappa shape index (κ3) is 3.28. The van der Waals surface area contributed by atoms with Crippen molar-refractivity contribution in [3.8, 4) is 10.7 Å². The van der Waals surface area contributed by atoms with E-state index in [1.165, 1.54) is 23.6 Å². The minimum Gasteiger partial charge on any atom is -0.317 e. The molecule has 0 saturated carbocycles. The molecule has 0 aliphatic carbocycles. The average Bonchev–Trinajstić information content (AvgIpc) is 2.79. The van der Waals surface area contributed by atoms with Crippen LogP contribution in [0.15, 0.2) is 18.3 Å². The van der Waals surface area contributed by atoms with Crippen molar-refractivity contribution in [3.05, 3.63) is 29.2 Å². The Hall–Kier alpha value is -1.40. The number of pyridine rings is 1. The summed E-state index contributed by atoms with van der Waals surface area (Å²) < 4.78 is 12.7. The number of aromatic nitrogens is 3. The summed E-state index contributed by atoms with van der Waals surface area (Å²) in [6.45, 7) is 3.90. The normalized spacial score (nSPS) is 10.7. The van der Waals surface area contributed by atoms with Crippen LogP contribution in [-0.2, 0) is 6.42 Å². The van der Waals surface area contributed by atoms with Crippen molar-refractivity contribution in [2.45, 2.75) is 13.3 Å². The predicted molar refractivity (Wildman–Crippen MR) is 65.3 cm³/mol. The van der Waals surface area contributed by atoms with Gasteiger partial charge in [-0.3, -0.25) is 4.98 Å². The minimum absolute atomic E-state index is 0.342. The molecule has 0 bridgehead atoms. The highest BCUT2D eigenvalue weighted by Crippen LogP contribution is 2.21. The number of likely N-dealkylation sites (N-methyl/N-ethyl adjacent to an activating group) is 1. The molecule has 0 aliphatic rings. The average molecular weight is 252 g/mol. The van der Waals surface area contributed by atoms with Gasteiger partial charge in [-0.1, -0.05) is 18.3 Å². The fourth-order valence-corrected chi connectivity index (χ4v) is 2.15. The first-order valence-corrected chi connectivity index (χ1v) is 6.26. The van der Waals surface area contributed by atoms with E-state index in [9.17, 15) is 4.39 Å². The Kier molecular flexibility index (Phi) is 4.11. The molecule has 0 radical (unpaired) electrons. The maximum atomic E-state index is 12.7. The summed E-state index contributed by atoms with van der Waals surface area (Å²) in [5.74, 6) is -0.342. The molecule has 2 aromatic heterocycles. The van der Waals surface area contributed by atoms with Gasteiger partial charge in [0.05, 0.1) is 6.20 Å². The van der Waals surface area contributed by atoms with Gasteiger partial charge < -0.3 is 5.32 Å². The second-order valence-electron chi connectivity index (χ2n) is 3.47. The van der Waals surface area contributed by atoms with Gasteiger partial charge in [0.2, 0.25) is 0 Å². The van der Waals surface area contributed by atoms with Gasteiger partial charge in [-0.15, -0.1) is 10.2 Å². The highest BCUT2D eigenvalue weighted by Gasteiger charge is 2.07. The standard InChI is InChI=1S/C11H13FN4S/c1-2-13-6-5-10-15-16-11(17-10)9-4-3-8(12)7-14-9/h3-4,7,13H,2,5-6H2,1H3. The lowest BCUT2D eigenvalue weighted by Crippen LogP contribution is -2.15. The van der Waals surface area contributed by atoms with E-state index in [-0.39, 0.29) is 5.82 Å². The van der Waals surface area contributed by atoms with Crippen LogP contribution in [0.4, 0.5) is 4.39 Å². The molecule has 0 atom stereocenters. The molecule has 90 valence electrons. The molecule has 0 fully saturated rings. The monoisotopic (exact) mass is 252 g/mol. The molecule has 0 saturated heterocycles. The molecule has 17 heavy (non-hydrogen) atoms. The number of nitrogens with one attached hydrogen (secondary N) is 1. The maximum absolute atomic E-state index is 12.7. The second kappa shape index (κ2) is 5.79. The van der Waals surface area contributed by atoms with E-state index < -0.39 is 0 Å². The van der Waals surface area contributed by atoms with Gasteiger partial charge in [-0.2, -0.15) is 0 Å². The molecule has 0 unspecified atom stereocenters. The largest absolute Gasteiger partial charge is 0.317 e. The minimum atomic E-state index is -0.342. The summed E-state index contributed by atoms with van der Waals surface area (Å²) in [5.41, 5.74) is 0.665. The van der Waals surface area contributed by atoms with Gasteiger partial charge in [0.25, 0.3) is 0 Å². The summed E-state index contributed by atoms with van der Waals surface area (Å²) in [7, 11) is 0. The van der Waals surface area contributed by atoms with Gasteiger partial charge in [0.1, 0.15) is 16.5 Å². The molecular weight excluding hydrogens is 239 g/mol. The first kappa shape index (κ1) is 12.1. The lowest BCUT2D eigenvalue weighted by molar-refractivity contribution is 0.622. The van der Waals surface area contributed by atoms with E-state index >= 15 is 0 Å². The Bertz CT molecular complexity index is 469. The lowest BCUT2D eigenvalue weighted by Gasteiger charge is -1.96. The zero-order valence-corrected chi connectivity index (χ0v) is 10.3. The van der Waals surface area contributed by atoms with Crippen LogP contribution in [0.25, 0.3) is 10.7 Å². The Morgan fingerprint density at radius 2 is 2.24 bits per heavy atom. The lowest BCUT2D eigenvalue weighted by atomic mass is 10.4. The van der Waals surface area contributed by atoms with Crippen molar-refractivity contribution < 1.29 is 4.39 Å². The van der Waals surface area contributed by atoms with Crippen LogP contribution in [0.3, 0.4) is 0 Å². The van der Waals surface area contributed by atoms with E-state index in [0.717, 1.165) is 29.5 Å². The van der Waals surface area contributed by atoms with Crippen LogP contribution in [-0.4, -0.2) is 28.3 Å². The Morgan fingerprint density at radius 1 is 1.35 bits per heavy atom. The van der Waals surface area contributed by atoms with Crippen molar-refractivity contribution in [2.24, 2.45) is 0 Å². The molecule has 0 amide bonds. The molecule has 2 rings (SSSR count). The molecule has 0 spiro atoms. The van der Waals surface area contributed by atoms with Gasteiger partial charge >= 0.3 is 0 Å². The van der Waals surface area contributed by atoms with Crippen LogP contribution >= 0.6 is 11.3 Å². The van der Waals surface area contributed by atoms with Gasteiger partial charge in [-0.25, -0.2) is 4.39 Å². The molecule has 4 nitrogen and oxygen atoms in total. The second-order valence-corrected chi connectivity index (χ2v) is 4.53. The zero-order valence-electron chi connectivity index (χ0n) is 9.48. The van der Waals surface area contributed by atoms with Crippen molar-refractivity contribution in [3.63, 3.8) is 0 Å². The molecule has 1 N–H and O–H groups in total. The molecule has 0 aromatic carbocycles. The first-order chi connectivity index (χ1) is 8.29. The third-order valence-corrected chi connectivity index (χ3v) is 3.18. The predicted octanol–water partition coefficient (Wildman–Crippen LogP) is 1.89. The molecule has 0 aliphatic heterocycles. The summed E-state index contributed by atoms with van der Waals surface area (Å²) in [5, 5.41) is 13.1. The number of nitrogens with zero attached hydrogens (tertiary/aromatic N) is 3. The fraction of sp³-hybridized carbons (Fsp3) is 0.364. The van der Waals surface area contributed by atoms with Gasteiger partial charge in [-0.05, 0) is 18.7 Å². The molecule has 6 heteroatoms. The SMILES string of the molecule is CCNCCc1nnc(-c2ccc(F)cn2)s1. The van der Waals surface area contributed by atoms with Crippen molar-refractivity contribution in [1.82, 2.24) is 20.5 Å². The topological polar surface area (TPSA) is 50.7 Å². The van der Waals surface area contributed by atoms with E-state index in [1.807, 2.05) is 0 Å². The number of hydrogen-bond acceptors (Lipinski definition) is 5. The van der Waals surface area contributed by atoms with Crippen LogP contribution in [0.1, 0.15) is 11.9 Å². The Balaban J connectivity index is 2.04. The first-order valence-electron chi connectivity index (χ1n) is 5.44. The van der Waals surface area contributed by atoms with Crippen LogP contribution in [0, 0.1) is 5.82 Å².